The number of nitrogens with zero attached hydrogens (tertiary/aromatic N) is 1. The monoisotopic (exact) mass is 146 g/mol. The maximum atomic E-state index is 10.6. The van der Waals surface area contributed by atoms with Crippen molar-refractivity contribution >= 4 is 11.6 Å². The van der Waals surface area contributed by atoms with Crippen LogP contribution in [0.15, 0.2) is 4.79 Å². The molecule has 10 heavy (non-hydrogen) atoms. The molecule has 0 fully saturated rings. The van der Waals surface area contributed by atoms with E-state index in [9.17, 15) is 4.79 Å². The Labute approximate surface area is 55.5 Å². The van der Waals surface area contributed by atoms with Gasteiger partial charge in [0.2, 0.25) is 11.8 Å². The van der Waals surface area contributed by atoms with Gasteiger partial charge in [-0.25, -0.2) is 0 Å². The molecule has 6 nitrogen and oxygen atoms in total. The second kappa shape index (κ2) is 1.90. The van der Waals surface area contributed by atoms with Crippen LogP contribution in [-0.2, 0) is 0 Å². The van der Waals surface area contributed by atoms with Crippen molar-refractivity contribution in [2.75, 3.05) is 11.5 Å². The van der Waals surface area contributed by atoms with Gasteiger partial charge in [-0.3, -0.25) is 9.78 Å². The third kappa shape index (κ3) is 0.859. The summed E-state index contributed by atoms with van der Waals surface area (Å²) >= 11 is 0. The fraction of sp³-hybridized carbons (Fsp3) is 0. The van der Waals surface area contributed by atoms with Gasteiger partial charge in [0.15, 0.2) is 5.69 Å². The Kier molecular flexibility index (Phi) is 1.22. The van der Waals surface area contributed by atoms with Gasteiger partial charge in [-0.15, -0.1) is 0 Å². The van der Waals surface area contributed by atoms with E-state index in [2.05, 4.69) is 9.97 Å². The number of nitrogens with one attached hydrogen (secondary N) is 1. The summed E-state index contributed by atoms with van der Waals surface area (Å²) in [5, 5.41) is 8.74. The van der Waals surface area contributed by atoms with E-state index in [0.717, 1.165) is 0 Å². The molecule has 0 aliphatic rings. The maximum Gasteiger partial charge on any atom is 0.279 e. The molecule has 6 N–H and O–H groups in total. The van der Waals surface area contributed by atoms with Gasteiger partial charge in [-0.05, 0) is 0 Å². The van der Waals surface area contributed by atoms with Crippen LogP contribution in [0.25, 0.3) is 0 Å². The normalized spacial score (nSPS) is 9.60. The second-order valence-corrected chi connectivity index (χ2v) is 1.69. The van der Waals surface area contributed by atoms with E-state index in [4.69, 9.17) is 16.6 Å². The van der Waals surface area contributed by atoms with E-state index < -0.39 is 11.4 Å². The molecule has 0 atom stereocenters. The summed E-state index contributed by atoms with van der Waals surface area (Å²) < 4.78 is 0. The molecule has 0 saturated carbocycles. The maximum absolute atomic E-state index is 10.6. The number of aromatic nitrogens is 2. The van der Waals surface area contributed by atoms with Crippen LogP contribution in [0.4, 0.5) is 11.6 Å². The van der Waals surface area contributed by atoms with E-state index in [-0.39, 0.29) is 11.6 Å². The number of hydrogen-bond donors (Lipinski definition) is 4. The van der Waals surface area contributed by atoms with Gasteiger partial charge < -0.3 is 16.6 Å². The molecule has 0 aliphatic heterocycles. The first-order valence-corrected chi connectivity index (χ1v) is 2.45. The van der Waals surface area contributed by atoms with Crippen LogP contribution in [-0.4, -0.2) is 15.1 Å². The largest absolute Gasteiger partial charge is 0.492 e. The standard InChI is InChI=1S/C4H6N4O2/c5-1-2(9)7-4(6)8-3(1)10/h5H2,(H4,6,7,8,9,10)/i1+1,2+1,3+1,4+1. The molecule has 0 saturated heterocycles. The van der Waals surface area contributed by atoms with Gasteiger partial charge in [0.05, 0.1) is 0 Å². The van der Waals surface area contributed by atoms with Gasteiger partial charge in [-0.2, -0.15) is 4.98 Å². The van der Waals surface area contributed by atoms with E-state index >= 15 is 0 Å². The van der Waals surface area contributed by atoms with Crippen molar-refractivity contribution in [3.05, 3.63) is 10.4 Å². The summed E-state index contributed by atoms with van der Waals surface area (Å²) in [5.41, 5.74) is 9.13. The molecule has 1 rings (SSSR count). The summed E-state index contributed by atoms with van der Waals surface area (Å²) in [5.74, 6) is -0.696. The Morgan fingerprint density at radius 3 is 2.60 bits per heavy atom. The van der Waals surface area contributed by atoms with E-state index in [1.165, 1.54) is 0 Å². The Hall–Kier alpha value is -1.72. The summed E-state index contributed by atoms with van der Waals surface area (Å²) in [7, 11) is 0. The minimum atomic E-state index is -0.634. The Morgan fingerprint density at radius 1 is 1.50 bits per heavy atom. The van der Waals surface area contributed by atoms with E-state index in [0.29, 0.717) is 0 Å². The molecule has 0 spiro atoms. The fourth-order valence-electron chi connectivity index (χ4n) is 0.487. The zero-order chi connectivity index (χ0) is 7.72. The van der Waals surface area contributed by atoms with Crippen LogP contribution in [0.5, 0.6) is 5.88 Å². The lowest BCUT2D eigenvalue weighted by molar-refractivity contribution is 0.455. The van der Waals surface area contributed by atoms with Gasteiger partial charge >= 0.3 is 0 Å². The van der Waals surface area contributed by atoms with Crippen molar-refractivity contribution in [2.24, 2.45) is 0 Å². The van der Waals surface area contributed by atoms with Crippen LogP contribution < -0.4 is 17.0 Å². The van der Waals surface area contributed by atoms with Crippen LogP contribution in [0.2, 0.25) is 0 Å². The van der Waals surface area contributed by atoms with Crippen LogP contribution >= 0.6 is 0 Å². The minimum Gasteiger partial charge on any atom is -0.492 e. The molecule has 1 aromatic rings. The van der Waals surface area contributed by atoms with Gasteiger partial charge in [0, 0.05) is 0 Å². The molecule has 0 amide bonds. The fourth-order valence-corrected chi connectivity index (χ4v) is 0.487. The number of aromatic hydroxyl groups is 1. The second-order valence-electron chi connectivity index (χ2n) is 1.69. The van der Waals surface area contributed by atoms with Crippen LogP contribution in [0.3, 0.4) is 0 Å². The lowest BCUT2D eigenvalue weighted by atomic mass is 11.4. The van der Waals surface area contributed by atoms with E-state index in [1.54, 1.807) is 0 Å². The SMILES string of the molecule is N[13c]1n[13c](O)[13c](N)[13c](=O)[nH]1. The zero-order valence-electron chi connectivity index (χ0n) is 4.96. The van der Waals surface area contributed by atoms with Gasteiger partial charge in [0.1, 0.15) is 0 Å². The molecule has 0 aliphatic carbocycles. The molecule has 0 bridgehead atoms. The van der Waals surface area contributed by atoms with E-state index in [1.807, 2.05) is 0 Å². The van der Waals surface area contributed by atoms with Crippen molar-refractivity contribution < 1.29 is 5.11 Å². The average molecular weight is 146 g/mol. The molecular formula is C4H6N4O2. The first-order valence-electron chi connectivity index (χ1n) is 2.45. The summed E-state index contributed by atoms with van der Waals surface area (Å²) in [6.07, 6.45) is 0. The summed E-state index contributed by atoms with van der Waals surface area (Å²) in [6, 6.07) is 0. The first kappa shape index (κ1) is 6.40. The number of rotatable bonds is 0. The Balaban J connectivity index is 3.46. The number of nitrogens with two attached hydrogens (primary N) is 2. The Morgan fingerprint density at radius 2 is 2.10 bits per heavy atom. The number of H-pyrrole nitrogens is 1. The molecule has 0 aromatic carbocycles. The predicted molar refractivity (Wildman–Crippen MR) is 35.3 cm³/mol. The predicted octanol–water partition coefficient (Wildman–Crippen LogP) is -1.36. The summed E-state index contributed by atoms with van der Waals surface area (Å²) in [6.45, 7) is 0. The molecule has 1 aromatic heterocycles. The Bertz CT molecular complexity index is 305. The van der Waals surface area contributed by atoms with Crippen molar-refractivity contribution in [3.8, 4) is 5.88 Å². The lowest BCUT2D eigenvalue weighted by Gasteiger charge is -1.95. The highest BCUT2D eigenvalue weighted by molar-refractivity contribution is 5.46. The summed E-state index contributed by atoms with van der Waals surface area (Å²) in [4.78, 5) is 16.0. The smallest absolute Gasteiger partial charge is 0.279 e. The highest BCUT2D eigenvalue weighted by Gasteiger charge is 2.02. The van der Waals surface area contributed by atoms with Crippen molar-refractivity contribution in [1.29, 1.82) is 0 Å². The topological polar surface area (TPSA) is 118 Å². The van der Waals surface area contributed by atoms with Crippen molar-refractivity contribution in [3.63, 3.8) is 0 Å². The number of hydrogen-bond acceptors (Lipinski definition) is 5. The molecule has 54 valence electrons. The number of aromatic amines is 1. The minimum absolute atomic E-state index is 0.156. The van der Waals surface area contributed by atoms with Crippen molar-refractivity contribution in [1.82, 2.24) is 9.97 Å². The molecule has 0 radical (unpaired) electrons. The van der Waals surface area contributed by atoms with Crippen LogP contribution in [0, 0.1) is 0 Å². The molecule has 1 heterocycles. The highest BCUT2D eigenvalue weighted by atomic mass is 16.4. The average Bonchev–Trinajstić information content (AvgIpc) is 1.82. The number of anilines is 2. The zero-order valence-corrected chi connectivity index (χ0v) is 4.96. The molecule has 6 heteroatoms. The quantitative estimate of drug-likeness (QED) is 0.360. The first-order chi connectivity index (χ1) is 4.61. The number of nitrogen functional groups attached to an aromatic ring is 2. The molecular weight excluding hydrogens is 140 g/mol. The third-order valence-electron chi connectivity index (χ3n) is 0.953. The third-order valence-corrected chi connectivity index (χ3v) is 0.953. The highest BCUT2D eigenvalue weighted by Crippen LogP contribution is 2.08. The van der Waals surface area contributed by atoms with Crippen molar-refractivity contribution in [2.45, 2.75) is 0 Å². The lowest BCUT2D eigenvalue weighted by Crippen LogP contribution is -2.14. The van der Waals surface area contributed by atoms with Gasteiger partial charge in [0.25, 0.3) is 5.56 Å². The van der Waals surface area contributed by atoms with Crippen LogP contribution in [0.1, 0.15) is 0 Å². The molecule has 0 unspecified atom stereocenters. The van der Waals surface area contributed by atoms with Gasteiger partial charge in [-0.1, -0.05) is 0 Å².